The first-order valence-electron chi connectivity index (χ1n) is 7.60. The normalized spacial score (nSPS) is 17.8. The molecule has 0 aliphatic carbocycles. The molecule has 0 saturated carbocycles. The van der Waals surface area contributed by atoms with Gasteiger partial charge in [-0.25, -0.2) is 0 Å². The molecule has 1 fully saturated rings. The molecule has 1 aliphatic heterocycles. The average molecular weight is 332 g/mol. The number of carbonyl (C=O) groups is 2. The van der Waals surface area contributed by atoms with Crippen molar-refractivity contribution in [2.75, 3.05) is 5.32 Å². The number of hydrogen-bond acceptors (Lipinski definition) is 4. The summed E-state index contributed by atoms with van der Waals surface area (Å²) in [6.07, 6.45) is 0.989. The standard InChI is InChI=1S/C16H20N4O2S/c1-10-15(11(2)19(3)18-10)17-16(22)13-6-7-14(21)20(13)9-12-5-4-8-23-12/h4-5,8,13H,6-7,9H2,1-3H3,(H,17,22). The molecule has 1 atom stereocenters. The molecule has 1 saturated heterocycles. The number of nitrogens with one attached hydrogen (secondary N) is 1. The van der Waals surface area contributed by atoms with Crippen LogP contribution in [0, 0.1) is 13.8 Å². The van der Waals surface area contributed by atoms with Crippen LogP contribution in [-0.2, 0) is 23.2 Å². The smallest absolute Gasteiger partial charge is 0.247 e. The second kappa shape index (κ2) is 6.16. The summed E-state index contributed by atoms with van der Waals surface area (Å²) in [5.74, 6) is -0.0928. The molecule has 0 spiro atoms. The first-order chi connectivity index (χ1) is 11.0. The summed E-state index contributed by atoms with van der Waals surface area (Å²) < 4.78 is 1.74. The highest BCUT2D eigenvalue weighted by atomic mass is 32.1. The van der Waals surface area contributed by atoms with Crippen molar-refractivity contribution in [3.63, 3.8) is 0 Å². The van der Waals surface area contributed by atoms with E-state index >= 15 is 0 Å². The van der Waals surface area contributed by atoms with E-state index < -0.39 is 6.04 Å². The van der Waals surface area contributed by atoms with Crippen LogP contribution < -0.4 is 5.32 Å². The minimum Gasteiger partial charge on any atom is -0.326 e. The van der Waals surface area contributed by atoms with Gasteiger partial charge in [0.15, 0.2) is 0 Å². The zero-order valence-corrected chi connectivity index (χ0v) is 14.3. The summed E-state index contributed by atoms with van der Waals surface area (Å²) in [7, 11) is 1.85. The highest BCUT2D eigenvalue weighted by Gasteiger charge is 2.36. The van der Waals surface area contributed by atoms with E-state index in [1.54, 1.807) is 20.9 Å². The van der Waals surface area contributed by atoms with Crippen LogP contribution in [0.15, 0.2) is 17.5 Å². The van der Waals surface area contributed by atoms with Crippen molar-refractivity contribution in [2.24, 2.45) is 7.05 Å². The SMILES string of the molecule is Cc1nn(C)c(C)c1NC(=O)C1CCC(=O)N1Cc1cccs1. The second-order valence-corrected chi connectivity index (χ2v) is 6.85. The summed E-state index contributed by atoms with van der Waals surface area (Å²) in [4.78, 5) is 27.6. The molecule has 2 amide bonds. The Morgan fingerprint density at radius 2 is 2.26 bits per heavy atom. The zero-order chi connectivity index (χ0) is 16.6. The minimum absolute atomic E-state index is 0.0400. The minimum atomic E-state index is -0.413. The van der Waals surface area contributed by atoms with Gasteiger partial charge in [0.1, 0.15) is 6.04 Å². The summed E-state index contributed by atoms with van der Waals surface area (Å²) in [5, 5.41) is 9.25. The lowest BCUT2D eigenvalue weighted by atomic mass is 10.2. The van der Waals surface area contributed by atoms with E-state index in [1.807, 2.05) is 38.4 Å². The predicted octanol–water partition coefficient (Wildman–Crippen LogP) is 2.23. The van der Waals surface area contributed by atoms with E-state index in [2.05, 4.69) is 10.4 Å². The van der Waals surface area contributed by atoms with Crippen molar-refractivity contribution in [1.29, 1.82) is 0 Å². The number of aryl methyl sites for hydroxylation is 2. The number of rotatable bonds is 4. The first-order valence-corrected chi connectivity index (χ1v) is 8.48. The summed E-state index contributed by atoms with van der Waals surface area (Å²) in [5.41, 5.74) is 2.44. The average Bonchev–Trinajstić information content (AvgIpc) is 3.19. The number of aromatic nitrogens is 2. The Kier molecular flexibility index (Phi) is 4.21. The number of likely N-dealkylation sites (tertiary alicyclic amines) is 1. The molecule has 122 valence electrons. The molecule has 6 nitrogen and oxygen atoms in total. The van der Waals surface area contributed by atoms with Gasteiger partial charge in [0.25, 0.3) is 0 Å². The molecular formula is C16H20N4O2S. The third-order valence-corrected chi connectivity index (χ3v) is 5.16. The molecule has 7 heteroatoms. The van der Waals surface area contributed by atoms with Gasteiger partial charge >= 0.3 is 0 Å². The zero-order valence-electron chi connectivity index (χ0n) is 13.5. The van der Waals surface area contributed by atoms with Crippen LogP contribution >= 0.6 is 11.3 Å². The maximum absolute atomic E-state index is 12.7. The number of carbonyl (C=O) groups excluding carboxylic acids is 2. The van der Waals surface area contributed by atoms with Crippen LogP contribution in [0.1, 0.15) is 29.1 Å². The molecule has 1 N–H and O–H groups in total. The fourth-order valence-corrected chi connectivity index (χ4v) is 3.64. The van der Waals surface area contributed by atoms with Crippen molar-refractivity contribution in [1.82, 2.24) is 14.7 Å². The Bertz CT molecular complexity index is 736. The highest BCUT2D eigenvalue weighted by molar-refractivity contribution is 7.09. The lowest BCUT2D eigenvalue weighted by Gasteiger charge is -2.23. The third-order valence-electron chi connectivity index (χ3n) is 4.29. The molecule has 23 heavy (non-hydrogen) atoms. The fraction of sp³-hybridized carbons (Fsp3) is 0.438. The molecule has 1 unspecified atom stereocenters. The van der Waals surface area contributed by atoms with E-state index in [1.165, 1.54) is 0 Å². The molecule has 0 bridgehead atoms. The van der Waals surface area contributed by atoms with E-state index in [-0.39, 0.29) is 11.8 Å². The van der Waals surface area contributed by atoms with Crippen LogP contribution in [0.3, 0.4) is 0 Å². The van der Waals surface area contributed by atoms with Gasteiger partial charge in [0.2, 0.25) is 11.8 Å². The predicted molar refractivity (Wildman–Crippen MR) is 89.2 cm³/mol. The Labute approximate surface area is 139 Å². The van der Waals surface area contributed by atoms with E-state index in [4.69, 9.17) is 0 Å². The quantitative estimate of drug-likeness (QED) is 0.933. The monoisotopic (exact) mass is 332 g/mol. The summed E-state index contributed by atoms with van der Waals surface area (Å²) in [6, 6.07) is 3.53. The van der Waals surface area contributed by atoms with Crippen molar-refractivity contribution in [3.8, 4) is 0 Å². The van der Waals surface area contributed by atoms with Gasteiger partial charge < -0.3 is 10.2 Å². The lowest BCUT2D eigenvalue weighted by molar-refractivity contribution is -0.133. The van der Waals surface area contributed by atoms with Crippen molar-refractivity contribution < 1.29 is 9.59 Å². The molecule has 0 aromatic carbocycles. The van der Waals surface area contributed by atoms with Crippen molar-refractivity contribution in [3.05, 3.63) is 33.8 Å². The van der Waals surface area contributed by atoms with Crippen LogP contribution in [0.4, 0.5) is 5.69 Å². The maximum atomic E-state index is 12.7. The van der Waals surface area contributed by atoms with Crippen LogP contribution in [0.2, 0.25) is 0 Å². The first kappa shape index (κ1) is 15.7. The van der Waals surface area contributed by atoms with Crippen molar-refractivity contribution in [2.45, 2.75) is 39.3 Å². The van der Waals surface area contributed by atoms with Crippen LogP contribution in [-0.4, -0.2) is 32.5 Å². The van der Waals surface area contributed by atoms with E-state index in [0.717, 1.165) is 22.0 Å². The van der Waals surface area contributed by atoms with Gasteiger partial charge in [-0.3, -0.25) is 14.3 Å². The highest BCUT2D eigenvalue weighted by Crippen LogP contribution is 2.26. The van der Waals surface area contributed by atoms with Gasteiger partial charge in [-0.15, -0.1) is 11.3 Å². The van der Waals surface area contributed by atoms with Crippen LogP contribution in [0.25, 0.3) is 0 Å². The van der Waals surface area contributed by atoms with Gasteiger partial charge in [0, 0.05) is 18.3 Å². The van der Waals surface area contributed by atoms with Gasteiger partial charge in [-0.05, 0) is 31.7 Å². The number of nitrogens with zero attached hydrogens (tertiary/aromatic N) is 3. The van der Waals surface area contributed by atoms with E-state index in [9.17, 15) is 9.59 Å². The molecule has 1 aliphatic rings. The number of thiophene rings is 1. The Morgan fingerprint density at radius 1 is 1.48 bits per heavy atom. The van der Waals surface area contributed by atoms with Crippen molar-refractivity contribution >= 4 is 28.8 Å². The number of amides is 2. The Hall–Kier alpha value is -2.15. The Morgan fingerprint density at radius 3 is 2.87 bits per heavy atom. The maximum Gasteiger partial charge on any atom is 0.247 e. The molecule has 2 aromatic rings. The van der Waals surface area contributed by atoms with Crippen LogP contribution in [0.5, 0.6) is 0 Å². The largest absolute Gasteiger partial charge is 0.326 e. The van der Waals surface area contributed by atoms with Gasteiger partial charge in [-0.2, -0.15) is 5.10 Å². The second-order valence-electron chi connectivity index (χ2n) is 5.81. The summed E-state index contributed by atoms with van der Waals surface area (Å²) >= 11 is 1.60. The van der Waals surface area contributed by atoms with Gasteiger partial charge in [0.05, 0.1) is 23.6 Å². The third kappa shape index (κ3) is 3.01. The molecule has 3 rings (SSSR count). The lowest BCUT2D eigenvalue weighted by Crippen LogP contribution is -2.41. The fourth-order valence-electron chi connectivity index (χ4n) is 2.94. The topological polar surface area (TPSA) is 67.2 Å². The van der Waals surface area contributed by atoms with E-state index in [0.29, 0.717) is 19.4 Å². The Balaban J connectivity index is 1.76. The number of anilines is 1. The molecule has 2 aromatic heterocycles. The van der Waals surface area contributed by atoms with Gasteiger partial charge in [-0.1, -0.05) is 6.07 Å². The molecule has 0 radical (unpaired) electrons. The number of hydrogen-bond donors (Lipinski definition) is 1. The summed E-state index contributed by atoms with van der Waals surface area (Å²) in [6.45, 7) is 4.28. The molecular weight excluding hydrogens is 312 g/mol. The molecule has 3 heterocycles.